The van der Waals surface area contributed by atoms with Crippen LogP contribution in [-0.4, -0.2) is 14.7 Å². The number of aliphatic hydroxyl groups is 1. The average Bonchev–Trinajstić information content (AvgIpc) is 2.40. The Morgan fingerprint density at radius 2 is 2.33 bits per heavy atom. The molecule has 12 heavy (non-hydrogen) atoms. The summed E-state index contributed by atoms with van der Waals surface area (Å²) in [7, 11) is 0. The molecule has 0 aliphatic carbocycles. The van der Waals surface area contributed by atoms with E-state index in [1.807, 2.05) is 0 Å². The zero-order valence-corrected chi connectivity index (χ0v) is 8.34. The molecule has 0 spiro atoms. The van der Waals surface area contributed by atoms with Gasteiger partial charge in [0.15, 0.2) is 0 Å². The van der Waals surface area contributed by atoms with Gasteiger partial charge in [0.25, 0.3) is 0 Å². The standard InChI is InChI=1S/C8H11BrN2O/c9-8-6(5-12)11-4-2-1-3-7(11)10-8/h12H,1-5H2. The Hall–Kier alpha value is -0.350. The summed E-state index contributed by atoms with van der Waals surface area (Å²) in [6.07, 6.45) is 3.45. The van der Waals surface area contributed by atoms with Crippen molar-refractivity contribution in [1.29, 1.82) is 0 Å². The molecule has 0 amide bonds. The fourth-order valence-corrected chi connectivity index (χ4v) is 2.21. The van der Waals surface area contributed by atoms with Gasteiger partial charge in [-0.2, -0.15) is 0 Å². The van der Waals surface area contributed by atoms with Gasteiger partial charge in [-0.15, -0.1) is 0 Å². The highest BCUT2D eigenvalue weighted by Gasteiger charge is 2.16. The Labute approximate surface area is 79.6 Å². The first-order chi connectivity index (χ1) is 5.83. The van der Waals surface area contributed by atoms with Crippen molar-refractivity contribution in [2.24, 2.45) is 0 Å². The van der Waals surface area contributed by atoms with Crippen LogP contribution in [0, 0.1) is 0 Å². The quantitative estimate of drug-likeness (QED) is 0.794. The number of hydrogen-bond donors (Lipinski definition) is 1. The number of aliphatic hydroxyl groups excluding tert-OH is 1. The predicted molar refractivity (Wildman–Crippen MR) is 48.8 cm³/mol. The highest BCUT2D eigenvalue weighted by molar-refractivity contribution is 9.10. The lowest BCUT2D eigenvalue weighted by Crippen LogP contribution is -2.12. The minimum absolute atomic E-state index is 0.0770. The highest BCUT2D eigenvalue weighted by atomic mass is 79.9. The first-order valence-corrected chi connectivity index (χ1v) is 4.97. The summed E-state index contributed by atoms with van der Waals surface area (Å²) < 4.78 is 2.93. The number of aromatic nitrogens is 2. The summed E-state index contributed by atoms with van der Waals surface area (Å²) in [6, 6.07) is 0. The Balaban J connectivity index is 2.46. The van der Waals surface area contributed by atoms with Gasteiger partial charge in [0.2, 0.25) is 0 Å². The van der Waals surface area contributed by atoms with E-state index in [2.05, 4.69) is 25.5 Å². The fourth-order valence-electron chi connectivity index (χ4n) is 1.66. The molecule has 2 rings (SSSR count). The molecule has 0 aromatic carbocycles. The molecular formula is C8H11BrN2O. The van der Waals surface area contributed by atoms with Crippen LogP contribution in [0.3, 0.4) is 0 Å². The lowest BCUT2D eigenvalue weighted by molar-refractivity contribution is 0.267. The largest absolute Gasteiger partial charge is 0.390 e. The summed E-state index contributed by atoms with van der Waals surface area (Å²) in [4.78, 5) is 4.34. The number of aryl methyl sites for hydroxylation is 1. The topological polar surface area (TPSA) is 38.1 Å². The van der Waals surface area contributed by atoms with Crippen LogP contribution in [0.5, 0.6) is 0 Å². The van der Waals surface area contributed by atoms with Crippen molar-refractivity contribution in [3.8, 4) is 0 Å². The number of nitrogens with zero attached hydrogens (tertiary/aromatic N) is 2. The van der Waals surface area contributed by atoms with Crippen LogP contribution in [0.4, 0.5) is 0 Å². The Kier molecular flexibility index (Phi) is 2.19. The van der Waals surface area contributed by atoms with Crippen molar-refractivity contribution < 1.29 is 5.11 Å². The molecule has 0 bridgehead atoms. The van der Waals surface area contributed by atoms with Crippen molar-refractivity contribution in [2.75, 3.05) is 0 Å². The highest BCUT2D eigenvalue weighted by Crippen LogP contribution is 2.23. The number of imidazole rings is 1. The van der Waals surface area contributed by atoms with Gasteiger partial charge >= 0.3 is 0 Å². The molecule has 66 valence electrons. The number of fused-ring (bicyclic) bond motifs is 1. The third kappa shape index (κ3) is 1.19. The van der Waals surface area contributed by atoms with E-state index in [9.17, 15) is 0 Å². The second-order valence-corrected chi connectivity index (χ2v) is 3.78. The van der Waals surface area contributed by atoms with Crippen LogP contribution in [0.2, 0.25) is 0 Å². The third-order valence-electron chi connectivity index (χ3n) is 2.28. The maximum Gasteiger partial charge on any atom is 0.130 e. The van der Waals surface area contributed by atoms with Gasteiger partial charge in [0.05, 0.1) is 12.3 Å². The molecule has 0 fully saturated rings. The summed E-state index contributed by atoms with van der Waals surface area (Å²) in [6.45, 7) is 1.08. The SMILES string of the molecule is OCc1c(Br)nc2n1CCCC2. The first-order valence-electron chi connectivity index (χ1n) is 4.17. The lowest BCUT2D eigenvalue weighted by atomic mass is 10.2. The molecule has 1 N–H and O–H groups in total. The van der Waals surface area contributed by atoms with Crippen LogP contribution in [0.1, 0.15) is 24.4 Å². The van der Waals surface area contributed by atoms with Gasteiger partial charge < -0.3 is 9.67 Å². The normalized spacial score (nSPS) is 16.2. The smallest absolute Gasteiger partial charge is 0.130 e. The molecule has 0 unspecified atom stereocenters. The van der Waals surface area contributed by atoms with Gasteiger partial charge in [-0.05, 0) is 28.8 Å². The van der Waals surface area contributed by atoms with Crippen molar-refractivity contribution in [3.05, 3.63) is 16.1 Å². The van der Waals surface area contributed by atoms with E-state index < -0.39 is 0 Å². The van der Waals surface area contributed by atoms with Crippen LogP contribution < -0.4 is 0 Å². The van der Waals surface area contributed by atoms with Gasteiger partial charge in [-0.25, -0.2) is 4.98 Å². The van der Waals surface area contributed by atoms with E-state index in [1.54, 1.807) is 0 Å². The van der Waals surface area contributed by atoms with E-state index in [4.69, 9.17) is 5.11 Å². The summed E-state index contributed by atoms with van der Waals surface area (Å²) in [5.74, 6) is 1.11. The van der Waals surface area contributed by atoms with Crippen molar-refractivity contribution in [1.82, 2.24) is 9.55 Å². The van der Waals surface area contributed by atoms with E-state index in [1.165, 1.54) is 12.8 Å². The first kappa shape index (κ1) is 8.26. The predicted octanol–water partition coefficient (Wildman–Crippen LogP) is 1.47. The molecule has 1 aromatic heterocycles. The van der Waals surface area contributed by atoms with Gasteiger partial charge in [0.1, 0.15) is 10.4 Å². The van der Waals surface area contributed by atoms with E-state index in [0.717, 1.165) is 29.1 Å². The Morgan fingerprint density at radius 3 is 3.08 bits per heavy atom. The second-order valence-electron chi connectivity index (χ2n) is 3.03. The molecule has 0 radical (unpaired) electrons. The van der Waals surface area contributed by atoms with Crippen molar-refractivity contribution in [3.63, 3.8) is 0 Å². The minimum atomic E-state index is 0.0770. The minimum Gasteiger partial charge on any atom is -0.390 e. The number of rotatable bonds is 1. The molecular weight excluding hydrogens is 220 g/mol. The molecule has 1 aliphatic heterocycles. The molecule has 3 nitrogen and oxygen atoms in total. The molecule has 2 heterocycles. The summed E-state index contributed by atoms with van der Waals surface area (Å²) >= 11 is 3.35. The molecule has 0 saturated heterocycles. The molecule has 1 aromatic rings. The molecule has 1 aliphatic rings. The van der Waals surface area contributed by atoms with Crippen molar-refractivity contribution >= 4 is 15.9 Å². The summed E-state index contributed by atoms with van der Waals surface area (Å²) in [5, 5.41) is 9.07. The van der Waals surface area contributed by atoms with Gasteiger partial charge in [-0.1, -0.05) is 0 Å². The third-order valence-corrected chi connectivity index (χ3v) is 2.92. The van der Waals surface area contributed by atoms with Crippen LogP contribution in [0.15, 0.2) is 4.60 Å². The van der Waals surface area contributed by atoms with E-state index in [-0.39, 0.29) is 6.61 Å². The zero-order valence-electron chi connectivity index (χ0n) is 6.76. The molecule has 0 saturated carbocycles. The Bertz CT molecular complexity index is 295. The monoisotopic (exact) mass is 230 g/mol. The summed E-state index contributed by atoms with van der Waals surface area (Å²) in [5.41, 5.74) is 0.921. The van der Waals surface area contributed by atoms with Crippen molar-refractivity contribution in [2.45, 2.75) is 32.4 Å². The van der Waals surface area contributed by atoms with Crippen LogP contribution >= 0.6 is 15.9 Å². The number of hydrogen-bond acceptors (Lipinski definition) is 2. The maximum atomic E-state index is 9.07. The van der Waals surface area contributed by atoms with E-state index >= 15 is 0 Å². The number of halogens is 1. The maximum absolute atomic E-state index is 9.07. The van der Waals surface area contributed by atoms with Crippen LogP contribution in [-0.2, 0) is 19.6 Å². The van der Waals surface area contributed by atoms with Gasteiger partial charge in [0, 0.05) is 13.0 Å². The molecule has 0 atom stereocenters. The second kappa shape index (κ2) is 3.18. The van der Waals surface area contributed by atoms with Gasteiger partial charge in [-0.3, -0.25) is 0 Å². The van der Waals surface area contributed by atoms with E-state index in [0.29, 0.717) is 0 Å². The average molecular weight is 231 g/mol. The zero-order chi connectivity index (χ0) is 8.55. The van der Waals surface area contributed by atoms with Crippen LogP contribution in [0.25, 0.3) is 0 Å². The fraction of sp³-hybridized carbons (Fsp3) is 0.625. The Morgan fingerprint density at radius 1 is 1.50 bits per heavy atom. The molecule has 4 heteroatoms. The lowest BCUT2D eigenvalue weighted by Gasteiger charge is -2.14.